The minimum Gasteiger partial charge on any atom is -0.492 e. The molecule has 2 rings (SSSR count). The van der Waals surface area contributed by atoms with E-state index in [0.29, 0.717) is 0 Å². The molecule has 0 saturated heterocycles. The molecule has 1 aliphatic rings. The molecule has 1 unspecified atom stereocenters. The molecule has 0 bridgehead atoms. The number of fused-ring (bicyclic) bond motifs is 1. The first-order chi connectivity index (χ1) is 11.9. The Morgan fingerprint density at radius 3 is 2.50 bits per heavy atom. The smallest absolute Gasteiger partial charge is 0.492 e. The average molecular weight is 413 g/mol. The number of esters is 1. The quantitative estimate of drug-likeness (QED) is 0.535. The van der Waals surface area contributed by atoms with Crippen LogP contribution in [0.25, 0.3) is 5.76 Å². The first kappa shape index (κ1) is 20.6. The normalized spacial score (nSPS) is 15.9. The van der Waals surface area contributed by atoms with Gasteiger partial charge in [0.05, 0.1) is 22.6 Å². The molecule has 0 aromatic heterocycles. The van der Waals surface area contributed by atoms with Crippen molar-refractivity contribution >= 4 is 34.4 Å². The topological polar surface area (TPSA) is 61.8 Å². The van der Waals surface area contributed by atoms with Crippen LogP contribution < -0.4 is 9.47 Å². The van der Waals surface area contributed by atoms with E-state index in [-0.39, 0.29) is 40.9 Å². The highest BCUT2D eigenvalue weighted by Crippen LogP contribution is 2.40. The van der Waals surface area contributed by atoms with E-state index >= 15 is 0 Å². The van der Waals surface area contributed by atoms with Gasteiger partial charge in [0.2, 0.25) is 0 Å². The number of carbonyl (C=O) groups is 1. The predicted molar refractivity (Wildman–Crippen MR) is 89.9 cm³/mol. The summed E-state index contributed by atoms with van der Waals surface area (Å²) >= 11 is 2.55. The van der Waals surface area contributed by atoms with E-state index in [1.54, 1.807) is 20.8 Å². The first-order valence-electron chi connectivity index (χ1n) is 7.45. The summed E-state index contributed by atoms with van der Waals surface area (Å²) in [6.45, 7) is 5.12. The van der Waals surface area contributed by atoms with Crippen molar-refractivity contribution in [1.82, 2.24) is 0 Å². The van der Waals surface area contributed by atoms with Crippen LogP contribution in [0.3, 0.4) is 0 Å². The highest BCUT2D eigenvalue weighted by Gasteiger charge is 2.41. The number of ether oxygens (including phenoxy) is 2. The third-order valence-corrected chi connectivity index (χ3v) is 4.18. The maximum Gasteiger partial charge on any atom is 0.508 e. The number of hydrogen-bond acceptors (Lipinski definition) is 5. The molecular weight excluding hydrogens is 397 g/mol. The van der Waals surface area contributed by atoms with Crippen LogP contribution in [-0.2, 0) is 20.1 Å². The Kier molecular flexibility index (Phi) is 5.92. The zero-order valence-corrected chi connectivity index (χ0v) is 15.7. The van der Waals surface area contributed by atoms with Gasteiger partial charge in [-0.3, -0.25) is 4.79 Å². The van der Waals surface area contributed by atoms with Crippen molar-refractivity contribution in [1.29, 1.82) is 0 Å². The molecule has 0 fully saturated rings. The third kappa shape index (κ3) is 4.91. The molecule has 0 aliphatic carbocycles. The van der Waals surface area contributed by atoms with Gasteiger partial charge in [-0.2, -0.15) is 13.2 Å². The van der Waals surface area contributed by atoms with Gasteiger partial charge >= 0.3 is 22.6 Å². The molecule has 1 aromatic rings. The van der Waals surface area contributed by atoms with Gasteiger partial charge in [-0.25, -0.2) is 4.21 Å². The summed E-state index contributed by atoms with van der Waals surface area (Å²) < 4.78 is 64.0. The van der Waals surface area contributed by atoms with Gasteiger partial charge in [-0.1, -0.05) is 11.6 Å². The monoisotopic (exact) mass is 412 g/mol. The van der Waals surface area contributed by atoms with Gasteiger partial charge in [0.25, 0.3) is 0 Å². The van der Waals surface area contributed by atoms with Crippen LogP contribution in [0.5, 0.6) is 11.5 Å². The van der Waals surface area contributed by atoms with Crippen molar-refractivity contribution in [2.45, 2.75) is 32.7 Å². The Balaban J connectivity index is 2.37. The number of alkyl halides is 3. The van der Waals surface area contributed by atoms with Crippen molar-refractivity contribution in [3.8, 4) is 11.5 Å². The van der Waals surface area contributed by atoms with Crippen LogP contribution >= 0.6 is 11.6 Å². The molecule has 0 spiro atoms. The number of rotatable bonds is 3. The van der Waals surface area contributed by atoms with E-state index in [1.807, 2.05) is 0 Å². The summed E-state index contributed by atoms with van der Waals surface area (Å²) in [6, 6.07) is 2.53. The fraction of sp³-hybridized carbons (Fsp3) is 0.438. The Labute approximate surface area is 155 Å². The minimum atomic E-state index is -5.03. The molecule has 0 N–H and O–H groups in total. The molecule has 0 saturated carbocycles. The molecule has 0 amide bonds. The summed E-state index contributed by atoms with van der Waals surface area (Å²) in [6.07, 6.45) is 1.56. The fourth-order valence-electron chi connectivity index (χ4n) is 1.85. The molecule has 144 valence electrons. The Morgan fingerprint density at radius 1 is 1.27 bits per heavy atom. The zero-order chi connectivity index (χ0) is 19.7. The van der Waals surface area contributed by atoms with Crippen molar-refractivity contribution in [2.24, 2.45) is 5.41 Å². The SMILES string of the molecule is CC(C)(C)C(=O)Oc1cc2c(cc1Cl)C(OS(=O)C(F)(F)F)=CCCO2. The van der Waals surface area contributed by atoms with Crippen molar-refractivity contribution < 1.29 is 35.8 Å². The van der Waals surface area contributed by atoms with Crippen molar-refractivity contribution in [3.05, 3.63) is 28.8 Å². The average Bonchev–Trinajstić information content (AvgIpc) is 2.68. The summed E-state index contributed by atoms with van der Waals surface area (Å²) in [7, 11) is 0. The summed E-state index contributed by atoms with van der Waals surface area (Å²) in [5, 5.41) is -0.0286. The fourth-order valence-corrected chi connectivity index (χ4v) is 2.47. The lowest BCUT2D eigenvalue weighted by molar-refractivity contribution is -0.143. The highest BCUT2D eigenvalue weighted by atomic mass is 35.5. The van der Waals surface area contributed by atoms with Gasteiger partial charge in [-0.05, 0) is 32.9 Å². The van der Waals surface area contributed by atoms with Gasteiger partial charge in [0.1, 0.15) is 11.5 Å². The molecule has 26 heavy (non-hydrogen) atoms. The second-order valence-corrected chi connectivity index (χ2v) is 7.89. The van der Waals surface area contributed by atoms with E-state index in [2.05, 4.69) is 4.18 Å². The molecule has 5 nitrogen and oxygen atoms in total. The number of carbonyl (C=O) groups excluding carboxylic acids is 1. The number of benzene rings is 1. The largest absolute Gasteiger partial charge is 0.508 e. The van der Waals surface area contributed by atoms with Gasteiger partial charge in [-0.15, -0.1) is 0 Å². The molecular formula is C16H16ClF3O5S. The van der Waals surface area contributed by atoms with Crippen molar-refractivity contribution in [2.75, 3.05) is 6.61 Å². The predicted octanol–water partition coefficient (Wildman–Crippen LogP) is 4.62. The Bertz CT molecular complexity index is 768. The van der Waals surface area contributed by atoms with E-state index in [9.17, 15) is 22.2 Å². The highest BCUT2D eigenvalue weighted by molar-refractivity contribution is 7.81. The summed E-state index contributed by atoms with van der Waals surface area (Å²) in [4.78, 5) is 12.0. The Morgan fingerprint density at radius 2 is 1.92 bits per heavy atom. The number of halogens is 4. The second-order valence-electron chi connectivity index (χ2n) is 6.39. The van der Waals surface area contributed by atoms with Crippen LogP contribution in [0.4, 0.5) is 13.2 Å². The molecule has 1 aliphatic heterocycles. The van der Waals surface area contributed by atoms with Gasteiger partial charge in [0, 0.05) is 12.5 Å². The molecule has 10 heteroatoms. The standard InChI is InChI=1S/C16H16ClF3O5S/c1-15(2,3)14(21)24-13-8-12-9(7-10(13)17)11(5-4-6-23-12)25-26(22)16(18,19)20/h5,7-8H,4,6H2,1-3H3. The lowest BCUT2D eigenvalue weighted by Gasteiger charge is -2.18. The van der Waals surface area contributed by atoms with E-state index < -0.39 is 28.0 Å². The van der Waals surface area contributed by atoms with E-state index in [0.717, 1.165) is 0 Å². The second kappa shape index (κ2) is 7.48. The summed E-state index contributed by atoms with van der Waals surface area (Å²) in [5.41, 5.74) is -5.73. The molecule has 1 aromatic carbocycles. The lowest BCUT2D eigenvalue weighted by Crippen LogP contribution is -2.25. The van der Waals surface area contributed by atoms with Gasteiger partial charge in [0.15, 0.2) is 5.75 Å². The molecule has 1 atom stereocenters. The minimum absolute atomic E-state index is 0.00327. The van der Waals surface area contributed by atoms with E-state index in [1.165, 1.54) is 18.2 Å². The molecule has 1 heterocycles. The summed E-state index contributed by atoms with van der Waals surface area (Å²) in [5.74, 6) is -0.709. The Hall–Kier alpha value is -1.74. The zero-order valence-electron chi connectivity index (χ0n) is 14.1. The molecule has 0 radical (unpaired) electrons. The maximum absolute atomic E-state index is 12.5. The lowest BCUT2D eigenvalue weighted by atomic mass is 9.97. The first-order valence-corrected chi connectivity index (χ1v) is 8.91. The van der Waals surface area contributed by atoms with Crippen LogP contribution in [0.1, 0.15) is 32.8 Å². The third-order valence-electron chi connectivity index (χ3n) is 3.17. The number of hydrogen-bond donors (Lipinski definition) is 0. The maximum atomic E-state index is 12.5. The van der Waals surface area contributed by atoms with Gasteiger partial charge < -0.3 is 13.7 Å². The van der Waals surface area contributed by atoms with E-state index in [4.69, 9.17) is 21.1 Å². The van der Waals surface area contributed by atoms with Crippen molar-refractivity contribution in [3.63, 3.8) is 0 Å². The van der Waals surface area contributed by atoms with Crippen LogP contribution in [0.15, 0.2) is 18.2 Å². The van der Waals surface area contributed by atoms with Crippen LogP contribution in [0.2, 0.25) is 5.02 Å². The van der Waals surface area contributed by atoms with Crippen LogP contribution in [-0.4, -0.2) is 22.3 Å². The van der Waals surface area contributed by atoms with Crippen LogP contribution in [0, 0.1) is 5.41 Å².